The molecular formula is C10H12BrFN2O. The van der Waals surface area contributed by atoms with E-state index >= 15 is 0 Å². The molecule has 15 heavy (non-hydrogen) atoms. The molecule has 0 aromatic heterocycles. The van der Waals surface area contributed by atoms with Crippen molar-refractivity contribution in [1.82, 2.24) is 5.32 Å². The lowest BCUT2D eigenvalue weighted by Crippen LogP contribution is -2.37. The predicted octanol–water partition coefficient (Wildman–Crippen LogP) is 1.67. The fourth-order valence-corrected chi connectivity index (χ4v) is 1.25. The van der Waals surface area contributed by atoms with Gasteiger partial charge in [0.15, 0.2) is 0 Å². The number of nitrogens with one attached hydrogen (secondary N) is 1. The van der Waals surface area contributed by atoms with Crippen molar-refractivity contribution in [2.75, 3.05) is 6.54 Å². The SMILES string of the molecule is CC(CN)NC(=O)c1ccc(Br)c(F)c1. The third kappa shape index (κ3) is 3.28. The molecule has 3 N–H and O–H groups in total. The first-order chi connectivity index (χ1) is 7.04. The Bertz CT molecular complexity index is 370. The minimum Gasteiger partial charge on any atom is -0.348 e. The highest BCUT2D eigenvalue weighted by Gasteiger charge is 2.10. The molecule has 1 atom stereocenters. The van der Waals surface area contributed by atoms with Crippen LogP contribution in [0.1, 0.15) is 17.3 Å². The summed E-state index contributed by atoms with van der Waals surface area (Å²) in [4.78, 5) is 11.5. The maximum atomic E-state index is 13.1. The van der Waals surface area contributed by atoms with Crippen molar-refractivity contribution in [3.05, 3.63) is 34.1 Å². The minimum absolute atomic E-state index is 0.121. The summed E-state index contributed by atoms with van der Waals surface area (Å²) in [6, 6.07) is 4.11. The number of carbonyl (C=O) groups excluding carboxylic acids is 1. The third-order valence-corrected chi connectivity index (χ3v) is 2.56. The van der Waals surface area contributed by atoms with Gasteiger partial charge in [0.2, 0.25) is 0 Å². The second-order valence-electron chi connectivity index (χ2n) is 3.24. The predicted molar refractivity (Wildman–Crippen MR) is 60.1 cm³/mol. The summed E-state index contributed by atoms with van der Waals surface area (Å²) in [5.41, 5.74) is 5.64. The van der Waals surface area contributed by atoms with Gasteiger partial charge in [-0.15, -0.1) is 0 Å². The van der Waals surface area contributed by atoms with E-state index < -0.39 is 5.82 Å². The van der Waals surface area contributed by atoms with Crippen LogP contribution in [0.2, 0.25) is 0 Å². The maximum absolute atomic E-state index is 13.1. The first-order valence-electron chi connectivity index (χ1n) is 4.50. The van der Waals surface area contributed by atoms with E-state index in [1.54, 1.807) is 13.0 Å². The fraction of sp³-hybridized carbons (Fsp3) is 0.300. The van der Waals surface area contributed by atoms with Crippen LogP contribution in [0.3, 0.4) is 0 Å². The second-order valence-corrected chi connectivity index (χ2v) is 4.09. The Hall–Kier alpha value is -0.940. The Morgan fingerprint density at radius 3 is 2.87 bits per heavy atom. The van der Waals surface area contributed by atoms with Crippen LogP contribution in [0.15, 0.2) is 22.7 Å². The summed E-state index contributed by atoms with van der Waals surface area (Å²) < 4.78 is 13.4. The van der Waals surface area contributed by atoms with E-state index in [0.717, 1.165) is 0 Å². The zero-order chi connectivity index (χ0) is 11.4. The van der Waals surface area contributed by atoms with Gasteiger partial charge in [0.05, 0.1) is 4.47 Å². The van der Waals surface area contributed by atoms with Crippen molar-refractivity contribution >= 4 is 21.8 Å². The molecule has 1 aromatic carbocycles. The number of hydrogen-bond donors (Lipinski definition) is 2. The summed E-state index contributed by atoms with van der Waals surface area (Å²) in [7, 11) is 0. The van der Waals surface area contributed by atoms with E-state index in [2.05, 4.69) is 21.2 Å². The molecule has 1 rings (SSSR count). The monoisotopic (exact) mass is 274 g/mol. The van der Waals surface area contributed by atoms with Gasteiger partial charge in [-0.05, 0) is 41.1 Å². The lowest BCUT2D eigenvalue weighted by atomic mass is 10.2. The molecule has 0 aliphatic rings. The van der Waals surface area contributed by atoms with Crippen LogP contribution in [0.25, 0.3) is 0 Å². The molecule has 1 amide bonds. The summed E-state index contributed by atoms with van der Waals surface area (Å²) in [6.07, 6.45) is 0. The van der Waals surface area contributed by atoms with Crippen LogP contribution in [-0.4, -0.2) is 18.5 Å². The van der Waals surface area contributed by atoms with E-state index in [9.17, 15) is 9.18 Å². The van der Waals surface area contributed by atoms with Gasteiger partial charge in [0.25, 0.3) is 5.91 Å². The Balaban J connectivity index is 2.78. The van der Waals surface area contributed by atoms with Gasteiger partial charge in [-0.2, -0.15) is 0 Å². The van der Waals surface area contributed by atoms with Crippen molar-refractivity contribution in [3.8, 4) is 0 Å². The molecule has 3 nitrogen and oxygen atoms in total. The Kier molecular flexibility index (Phi) is 4.23. The molecule has 0 bridgehead atoms. The van der Waals surface area contributed by atoms with Gasteiger partial charge in [-0.1, -0.05) is 0 Å². The number of rotatable bonds is 3. The van der Waals surface area contributed by atoms with E-state index in [1.807, 2.05) is 0 Å². The molecule has 0 spiro atoms. The molecule has 1 unspecified atom stereocenters. The lowest BCUT2D eigenvalue weighted by Gasteiger charge is -2.11. The molecule has 0 radical (unpaired) electrons. The summed E-state index contributed by atoms with van der Waals surface area (Å²) >= 11 is 3.02. The fourth-order valence-electron chi connectivity index (χ4n) is 1.00. The first kappa shape index (κ1) is 12.1. The summed E-state index contributed by atoms with van der Waals surface area (Å²) in [5, 5.41) is 2.65. The Morgan fingerprint density at radius 2 is 2.33 bits per heavy atom. The van der Waals surface area contributed by atoms with Crippen LogP contribution in [0, 0.1) is 5.82 Å². The van der Waals surface area contributed by atoms with Gasteiger partial charge in [-0.3, -0.25) is 4.79 Å². The van der Waals surface area contributed by atoms with Gasteiger partial charge in [0, 0.05) is 18.2 Å². The molecule has 0 aliphatic heterocycles. The summed E-state index contributed by atoms with van der Waals surface area (Å²) in [6.45, 7) is 2.14. The van der Waals surface area contributed by atoms with Crippen LogP contribution >= 0.6 is 15.9 Å². The normalized spacial score (nSPS) is 12.3. The zero-order valence-corrected chi connectivity index (χ0v) is 9.84. The van der Waals surface area contributed by atoms with Gasteiger partial charge >= 0.3 is 0 Å². The quantitative estimate of drug-likeness (QED) is 0.881. The van der Waals surface area contributed by atoms with Gasteiger partial charge < -0.3 is 11.1 Å². The number of carbonyl (C=O) groups is 1. The molecule has 0 saturated carbocycles. The average Bonchev–Trinajstić information content (AvgIpc) is 2.21. The largest absolute Gasteiger partial charge is 0.348 e. The third-order valence-electron chi connectivity index (χ3n) is 1.91. The van der Waals surface area contributed by atoms with Gasteiger partial charge in [-0.25, -0.2) is 4.39 Å². The van der Waals surface area contributed by atoms with E-state index in [-0.39, 0.29) is 17.5 Å². The van der Waals surface area contributed by atoms with Crippen molar-refractivity contribution in [3.63, 3.8) is 0 Å². The zero-order valence-electron chi connectivity index (χ0n) is 8.26. The van der Waals surface area contributed by atoms with E-state index in [1.165, 1.54) is 12.1 Å². The number of hydrogen-bond acceptors (Lipinski definition) is 2. The Labute approximate surface area is 96.0 Å². The number of benzene rings is 1. The molecule has 5 heteroatoms. The van der Waals surface area contributed by atoms with Crippen LogP contribution in [-0.2, 0) is 0 Å². The van der Waals surface area contributed by atoms with E-state index in [0.29, 0.717) is 11.0 Å². The summed E-state index contributed by atoms with van der Waals surface area (Å²) in [5.74, 6) is -0.776. The highest BCUT2D eigenvalue weighted by Crippen LogP contribution is 2.16. The first-order valence-corrected chi connectivity index (χ1v) is 5.30. The molecule has 82 valence electrons. The smallest absolute Gasteiger partial charge is 0.251 e. The van der Waals surface area contributed by atoms with Crippen molar-refractivity contribution in [1.29, 1.82) is 0 Å². The molecule has 0 fully saturated rings. The number of amides is 1. The van der Waals surface area contributed by atoms with Gasteiger partial charge in [0.1, 0.15) is 5.82 Å². The maximum Gasteiger partial charge on any atom is 0.251 e. The standard InChI is InChI=1S/C10H12BrFN2O/c1-6(5-13)14-10(15)7-2-3-8(11)9(12)4-7/h2-4,6H,5,13H2,1H3,(H,14,15). The number of halogens is 2. The van der Waals surface area contributed by atoms with Crippen molar-refractivity contribution in [2.45, 2.75) is 13.0 Å². The lowest BCUT2D eigenvalue weighted by molar-refractivity contribution is 0.0941. The molecule has 0 saturated heterocycles. The van der Waals surface area contributed by atoms with Crippen molar-refractivity contribution < 1.29 is 9.18 Å². The molecular weight excluding hydrogens is 263 g/mol. The highest BCUT2D eigenvalue weighted by atomic mass is 79.9. The van der Waals surface area contributed by atoms with Crippen molar-refractivity contribution in [2.24, 2.45) is 5.73 Å². The van der Waals surface area contributed by atoms with Crippen LogP contribution in [0.5, 0.6) is 0 Å². The molecule has 0 heterocycles. The second kappa shape index (κ2) is 5.23. The highest BCUT2D eigenvalue weighted by molar-refractivity contribution is 9.10. The topological polar surface area (TPSA) is 55.1 Å². The number of nitrogens with two attached hydrogens (primary N) is 1. The average molecular weight is 275 g/mol. The Morgan fingerprint density at radius 1 is 1.67 bits per heavy atom. The molecule has 1 aromatic rings. The minimum atomic E-state index is -0.456. The van der Waals surface area contributed by atoms with E-state index in [4.69, 9.17) is 5.73 Å². The van der Waals surface area contributed by atoms with Crippen LogP contribution < -0.4 is 11.1 Å². The van der Waals surface area contributed by atoms with Crippen LogP contribution in [0.4, 0.5) is 4.39 Å². The molecule has 0 aliphatic carbocycles.